The van der Waals surface area contributed by atoms with E-state index in [0.717, 1.165) is 13.0 Å². The number of nitrogens with two attached hydrogens (primary N) is 1. The zero-order valence-corrected chi connectivity index (χ0v) is 15.3. The monoisotopic (exact) mass is 348 g/mol. The summed E-state index contributed by atoms with van der Waals surface area (Å²) in [6.07, 6.45) is 8.01. The van der Waals surface area contributed by atoms with E-state index in [0.29, 0.717) is 23.6 Å². The number of benzene rings is 1. The molecule has 0 heterocycles. The van der Waals surface area contributed by atoms with Gasteiger partial charge >= 0.3 is 0 Å². The molecule has 25 heavy (non-hydrogen) atoms. The van der Waals surface area contributed by atoms with Crippen molar-refractivity contribution >= 4 is 5.78 Å². The number of quaternary nitrogens is 1. The predicted octanol–water partition coefficient (Wildman–Crippen LogP) is 2.09. The van der Waals surface area contributed by atoms with Crippen molar-refractivity contribution in [3.8, 4) is 11.5 Å². The van der Waals surface area contributed by atoms with Gasteiger partial charge in [0.15, 0.2) is 17.3 Å². The van der Waals surface area contributed by atoms with Crippen LogP contribution in [0.15, 0.2) is 29.8 Å². The highest BCUT2D eigenvalue weighted by Gasteiger charge is 2.12. The molecule has 0 unspecified atom stereocenters. The number of ether oxygens (including phenoxy) is 2. The fraction of sp³-hybridized carbons (Fsp3) is 0.550. The number of carbonyl (C=O) groups excluding carboxylic acids is 1. The first-order valence-corrected chi connectivity index (χ1v) is 9.09. The molecule has 1 aromatic rings. The van der Waals surface area contributed by atoms with Gasteiger partial charge in [0.25, 0.3) is 0 Å². The van der Waals surface area contributed by atoms with Gasteiger partial charge in [0.05, 0.1) is 13.7 Å². The molecule has 0 aliphatic heterocycles. The molecular formula is C20H30NO4+. The summed E-state index contributed by atoms with van der Waals surface area (Å²) in [6.45, 7) is 3.33. The maximum Gasteiger partial charge on any atom is 0.161 e. The van der Waals surface area contributed by atoms with Crippen molar-refractivity contribution < 1.29 is 24.7 Å². The van der Waals surface area contributed by atoms with Crippen LogP contribution >= 0.6 is 0 Å². The van der Waals surface area contributed by atoms with Gasteiger partial charge in [-0.05, 0) is 50.8 Å². The molecule has 0 spiro atoms. The van der Waals surface area contributed by atoms with E-state index in [1.807, 2.05) is 0 Å². The average molecular weight is 348 g/mol. The summed E-state index contributed by atoms with van der Waals surface area (Å²) >= 11 is 0. The average Bonchev–Trinajstić information content (AvgIpc) is 2.64. The highest BCUT2D eigenvalue weighted by Crippen LogP contribution is 2.28. The molecule has 1 aliphatic rings. The van der Waals surface area contributed by atoms with E-state index in [-0.39, 0.29) is 12.4 Å². The zero-order valence-electron chi connectivity index (χ0n) is 15.3. The number of rotatable bonds is 10. The van der Waals surface area contributed by atoms with Gasteiger partial charge in [-0.3, -0.25) is 4.79 Å². The summed E-state index contributed by atoms with van der Waals surface area (Å²) in [5, 5.41) is 12.2. The predicted molar refractivity (Wildman–Crippen MR) is 97.3 cm³/mol. The van der Waals surface area contributed by atoms with Crippen LogP contribution in [0.5, 0.6) is 11.5 Å². The molecule has 0 saturated heterocycles. The highest BCUT2D eigenvalue weighted by atomic mass is 16.5. The minimum Gasteiger partial charge on any atom is -0.493 e. The van der Waals surface area contributed by atoms with Crippen molar-refractivity contribution in [2.24, 2.45) is 0 Å². The van der Waals surface area contributed by atoms with Crippen LogP contribution in [0, 0.1) is 0 Å². The Kier molecular flexibility index (Phi) is 7.95. The fourth-order valence-electron chi connectivity index (χ4n) is 2.99. The van der Waals surface area contributed by atoms with Gasteiger partial charge in [-0.25, -0.2) is 0 Å². The Morgan fingerprint density at radius 3 is 2.84 bits per heavy atom. The van der Waals surface area contributed by atoms with Crippen molar-refractivity contribution in [3.63, 3.8) is 0 Å². The van der Waals surface area contributed by atoms with Gasteiger partial charge in [0, 0.05) is 12.0 Å². The Morgan fingerprint density at radius 2 is 2.16 bits per heavy atom. The molecule has 0 aromatic heterocycles. The van der Waals surface area contributed by atoms with Gasteiger partial charge in [-0.15, -0.1) is 0 Å². The third kappa shape index (κ3) is 6.52. The second kappa shape index (κ2) is 10.2. The molecule has 0 radical (unpaired) electrons. The Morgan fingerprint density at radius 1 is 1.32 bits per heavy atom. The molecule has 0 saturated carbocycles. The largest absolute Gasteiger partial charge is 0.493 e. The third-order valence-electron chi connectivity index (χ3n) is 4.49. The highest BCUT2D eigenvalue weighted by molar-refractivity contribution is 5.94. The Hall–Kier alpha value is -1.85. The molecule has 5 nitrogen and oxygen atoms in total. The molecule has 138 valence electrons. The summed E-state index contributed by atoms with van der Waals surface area (Å²) in [4.78, 5) is 11.4. The van der Waals surface area contributed by atoms with Crippen LogP contribution in [0.4, 0.5) is 0 Å². The lowest BCUT2D eigenvalue weighted by Gasteiger charge is -2.15. The molecule has 0 amide bonds. The van der Waals surface area contributed by atoms with Crippen LogP contribution in [0.1, 0.15) is 49.4 Å². The molecule has 1 aliphatic carbocycles. The first kappa shape index (κ1) is 19.5. The molecule has 2 rings (SSSR count). The standard InChI is InChI=1S/C20H29NO4/c1-15(22)17-8-9-19(20(12-17)24-2)25-14-18(23)13-21-11-10-16-6-4-3-5-7-16/h6,8-9,12,18,21,23H,3-5,7,10-11,13-14H2,1-2H3/p+1/t18-/m0/s1. The number of Topliss-reactive ketones (excluding diaryl/α,β-unsaturated/α-hetero) is 1. The van der Waals surface area contributed by atoms with E-state index in [1.54, 1.807) is 23.8 Å². The van der Waals surface area contributed by atoms with Crippen LogP contribution in [0.3, 0.4) is 0 Å². The number of ketones is 1. The van der Waals surface area contributed by atoms with Crippen molar-refractivity contribution in [2.75, 3.05) is 26.8 Å². The topological polar surface area (TPSA) is 72.4 Å². The summed E-state index contributed by atoms with van der Waals surface area (Å²) in [5.41, 5.74) is 2.14. The lowest BCUT2D eigenvalue weighted by atomic mass is 9.97. The smallest absolute Gasteiger partial charge is 0.161 e. The number of hydrogen-bond acceptors (Lipinski definition) is 4. The van der Waals surface area contributed by atoms with Crippen LogP contribution in [0.25, 0.3) is 0 Å². The molecule has 0 fully saturated rings. The van der Waals surface area contributed by atoms with Crippen LogP contribution < -0.4 is 14.8 Å². The van der Waals surface area contributed by atoms with Crippen molar-refractivity contribution in [1.82, 2.24) is 0 Å². The van der Waals surface area contributed by atoms with Crippen LogP contribution in [0.2, 0.25) is 0 Å². The molecule has 3 N–H and O–H groups in total. The summed E-state index contributed by atoms with van der Waals surface area (Å²) in [6, 6.07) is 5.08. The summed E-state index contributed by atoms with van der Waals surface area (Å²) in [5.74, 6) is 1.03. The number of carbonyl (C=O) groups is 1. The van der Waals surface area contributed by atoms with Crippen molar-refractivity contribution in [3.05, 3.63) is 35.4 Å². The van der Waals surface area contributed by atoms with E-state index < -0.39 is 6.10 Å². The summed E-state index contributed by atoms with van der Waals surface area (Å²) < 4.78 is 10.9. The Balaban J connectivity index is 1.71. The van der Waals surface area contributed by atoms with Crippen LogP contribution in [-0.4, -0.2) is 43.8 Å². The van der Waals surface area contributed by atoms with E-state index in [2.05, 4.69) is 11.4 Å². The van der Waals surface area contributed by atoms with Gasteiger partial charge in [0.1, 0.15) is 19.3 Å². The van der Waals surface area contributed by atoms with Crippen molar-refractivity contribution in [2.45, 2.75) is 45.1 Å². The number of hydrogen-bond donors (Lipinski definition) is 2. The minimum absolute atomic E-state index is 0.0208. The number of aliphatic hydroxyl groups excluding tert-OH is 1. The second-order valence-electron chi connectivity index (χ2n) is 6.56. The normalized spacial score (nSPS) is 15.4. The minimum atomic E-state index is -0.544. The SMILES string of the molecule is COc1cc(C(C)=O)ccc1OC[C@@H](O)C[NH2+]CCC1=CCCCC1. The molecular weight excluding hydrogens is 318 g/mol. The van der Waals surface area contributed by atoms with Crippen molar-refractivity contribution in [1.29, 1.82) is 0 Å². The quantitative estimate of drug-likeness (QED) is 0.386. The number of methoxy groups -OCH3 is 1. The third-order valence-corrected chi connectivity index (χ3v) is 4.49. The fourth-order valence-corrected chi connectivity index (χ4v) is 2.99. The van der Waals surface area contributed by atoms with E-state index >= 15 is 0 Å². The number of aliphatic hydroxyl groups is 1. The van der Waals surface area contributed by atoms with E-state index in [9.17, 15) is 9.90 Å². The zero-order chi connectivity index (χ0) is 18.1. The maximum atomic E-state index is 11.4. The lowest BCUT2D eigenvalue weighted by Crippen LogP contribution is -2.86. The van der Waals surface area contributed by atoms with Gasteiger partial charge in [-0.1, -0.05) is 11.6 Å². The maximum absolute atomic E-state index is 11.4. The first-order valence-electron chi connectivity index (χ1n) is 9.09. The van der Waals surface area contributed by atoms with E-state index in [4.69, 9.17) is 9.47 Å². The van der Waals surface area contributed by atoms with Gasteiger partial charge < -0.3 is 19.9 Å². The Labute approximate surface area is 150 Å². The lowest BCUT2D eigenvalue weighted by molar-refractivity contribution is -0.660. The second-order valence-corrected chi connectivity index (χ2v) is 6.56. The first-order chi connectivity index (χ1) is 12.1. The molecule has 5 heteroatoms. The van der Waals surface area contributed by atoms with Gasteiger partial charge in [-0.2, -0.15) is 0 Å². The molecule has 0 bridgehead atoms. The summed E-state index contributed by atoms with van der Waals surface area (Å²) in [7, 11) is 1.54. The van der Waals surface area contributed by atoms with Gasteiger partial charge in [0.2, 0.25) is 0 Å². The molecule has 1 atom stereocenters. The van der Waals surface area contributed by atoms with E-state index in [1.165, 1.54) is 39.7 Å². The number of allylic oxidation sites excluding steroid dienone is 1. The molecule has 1 aromatic carbocycles. The van der Waals surface area contributed by atoms with Crippen LogP contribution in [-0.2, 0) is 0 Å². The Bertz CT molecular complexity index is 597.